The van der Waals surface area contributed by atoms with Crippen molar-refractivity contribution in [1.82, 2.24) is 5.09 Å². The lowest BCUT2D eigenvalue weighted by Crippen LogP contribution is -2.37. The van der Waals surface area contributed by atoms with Gasteiger partial charge in [-0.3, -0.25) is 4.57 Å². The Hall–Kier alpha value is -2.61. The van der Waals surface area contributed by atoms with Crippen LogP contribution in [-0.4, -0.2) is 15.2 Å². The maximum atomic E-state index is 14.7. The standard InChI is InChI=1S/C26H30NO2PSi/c1-6-25(31(3,4)5)26(21-17-19-22(29-2)20-18-21)27-30(28,23-13-9-7-10-14-23)24-15-11-8-12-16-24/h7-20,26H,1H2,2-5H3,(H,27,28). The molecule has 31 heavy (non-hydrogen) atoms. The first-order chi connectivity index (χ1) is 14.8. The molecule has 0 aromatic heterocycles. The van der Waals surface area contributed by atoms with Crippen LogP contribution in [0.2, 0.25) is 19.6 Å². The molecule has 0 bridgehead atoms. The number of ether oxygens (including phenoxy) is 1. The topological polar surface area (TPSA) is 38.3 Å². The van der Waals surface area contributed by atoms with E-state index in [-0.39, 0.29) is 6.04 Å². The molecule has 0 spiro atoms. The molecule has 3 aromatic rings. The molecular weight excluding hydrogens is 417 g/mol. The maximum Gasteiger partial charge on any atom is 0.205 e. The SMILES string of the molecule is C=C=C(C(NP(=O)(c1ccccc1)c1ccccc1)c1ccc(OC)cc1)[Si](C)(C)C. The van der Waals surface area contributed by atoms with Crippen LogP contribution in [0.15, 0.2) is 102 Å². The Morgan fingerprint density at radius 2 is 1.39 bits per heavy atom. The third-order valence-electron chi connectivity index (χ3n) is 5.29. The molecule has 0 aliphatic heterocycles. The second-order valence-corrected chi connectivity index (χ2v) is 16.0. The molecule has 1 N–H and O–H groups in total. The molecule has 160 valence electrons. The predicted molar refractivity (Wildman–Crippen MR) is 135 cm³/mol. The van der Waals surface area contributed by atoms with Crippen LogP contribution >= 0.6 is 7.29 Å². The van der Waals surface area contributed by atoms with Crippen molar-refractivity contribution in [3.63, 3.8) is 0 Å². The second-order valence-electron chi connectivity index (χ2n) is 8.46. The minimum atomic E-state index is -3.15. The molecule has 0 saturated carbocycles. The molecule has 1 unspecified atom stereocenters. The molecule has 5 heteroatoms. The van der Waals surface area contributed by atoms with Gasteiger partial charge >= 0.3 is 0 Å². The van der Waals surface area contributed by atoms with Gasteiger partial charge in [-0.15, -0.1) is 5.73 Å². The van der Waals surface area contributed by atoms with Crippen molar-refractivity contribution in [1.29, 1.82) is 0 Å². The largest absolute Gasteiger partial charge is 0.497 e. The summed E-state index contributed by atoms with van der Waals surface area (Å²) in [6.45, 7) is 10.8. The monoisotopic (exact) mass is 447 g/mol. The van der Waals surface area contributed by atoms with Crippen LogP contribution in [0.1, 0.15) is 11.6 Å². The van der Waals surface area contributed by atoms with Crippen LogP contribution in [0.4, 0.5) is 0 Å². The van der Waals surface area contributed by atoms with Crippen LogP contribution < -0.4 is 20.4 Å². The van der Waals surface area contributed by atoms with E-state index in [1.54, 1.807) is 7.11 Å². The molecule has 0 radical (unpaired) electrons. The normalized spacial score (nSPS) is 12.6. The molecule has 3 rings (SSSR count). The Morgan fingerprint density at radius 3 is 1.77 bits per heavy atom. The van der Waals surface area contributed by atoms with Gasteiger partial charge < -0.3 is 4.74 Å². The molecule has 0 amide bonds. The van der Waals surface area contributed by atoms with Crippen molar-refractivity contribution in [3.8, 4) is 5.75 Å². The fourth-order valence-electron chi connectivity index (χ4n) is 3.66. The highest BCUT2D eigenvalue weighted by Crippen LogP contribution is 2.44. The van der Waals surface area contributed by atoms with Gasteiger partial charge in [0.2, 0.25) is 7.29 Å². The Bertz CT molecular complexity index is 1060. The van der Waals surface area contributed by atoms with E-state index in [2.05, 4.69) is 37.0 Å². The van der Waals surface area contributed by atoms with E-state index in [1.807, 2.05) is 84.9 Å². The van der Waals surface area contributed by atoms with Crippen LogP contribution in [-0.2, 0) is 4.57 Å². The first kappa shape index (κ1) is 23.1. The minimum absolute atomic E-state index is 0.277. The molecule has 0 heterocycles. The summed E-state index contributed by atoms with van der Waals surface area (Å²) in [6, 6.07) is 26.9. The quantitative estimate of drug-likeness (QED) is 0.268. The summed E-state index contributed by atoms with van der Waals surface area (Å²) in [6.07, 6.45) is 0. The van der Waals surface area contributed by atoms with E-state index in [1.165, 1.54) is 0 Å². The zero-order valence-electron chi connectivity index (χ0n) is 18.6. The van der Waals surface area contributed by atoms with Crippen LogP contribution in [0.5, 0.6) is 5.75 Å². The summed E-state index contributed by atoms with van der Waals surface area (Å²) in [5.41, 5.74) is 4.22. The molecule has 0 fully saturated rings. The van der Waals surface area contributed by atoms with Crippen LogP contribution in [0.25, 0.3) is 0 Å². The van der Waals surface area contributed by atoms with Crippen molar-refractivity contribution >= 4 is 26.0 Å². The van der Waals surface area contributed by atoms with E-state index in [9.17, 15) is 4.57 Å². The van der Waals surface area contributed by atoms with E-state index < -0.39 is 15.4 Å². The van der Waals surface area contributed by atoms with Gasteiger partial charge in [0.15, 0.2) is 0 Å². The van der Waals surface area contributed by atoms with Crippen molar-refractivity contribution < 1.29 is 9.30 Å². The molecule has 0 aliphatic carbocycles. The Labute approximate surface area is 186 Å². The number of methoxy groups -OCH3 is 1. The van der Waals surface area contributed by atoms with Crippen LogP contribution in [0.3, 0.4) is 0 Å². The molecule has 3 aromatic carbocycles. The summed E-state index contributed by atoms with van der Waals surface area (Å²) in [4.78, 5) is 0. The number of nitrogens with one attached hydrogen (secondary N) is 1. The number of hydrogen-bond acceptors (Lipinski definition) is 2. The smallest absolute Gasteiger partial charge is 0.205 e. The van der Waals surface area contributed by atoms with Crippen molar-refractivity contribution in [2.24, 2.45) is 0 Å². The predicted octanol–water partition coefficient (Wildman–Crippen LogP) is 5.84. The van der Waals surface area contributed by atoms with Crippen molar-refractivity contribution in [3.05, 3.63) is 108 Å². The molecule has 1 atom stereocenters. The lowest BCUT2D eigenvalue weighted by Gasteiger charge is -2.33. The van der Waals surface area contributed by atoms with Gasteiger partial charge in [0.25, 0.3) is 0 Å². The van der Waals surface area contributed by atoms with E-state index in [4.69, 9.17) is 4.74 Å². The Morgan fingerprint density at radius 1 is 0.903 bits per heavy atom. The summed E-state index contributed by atoms with van der Waals surface area (Å²) < 4.78 is 20.0. The zero-order chi connectivity index (χ0) is 22.5. The van der Waals surface area contributed by atoms with Crippen molar-refractivity contribution in [2.75, 3.05) is 7.11 Å². The summed E-state index contributed by atoms with van der Waals surface area (Å²) in [5.74, 6) is 0.786. The van der Waals surface area contributed by atoms with E-state index >= 15 is 0 Å². The highest BCUT2D eigenvalue weighted by molar-refractivity contribution is 7.76. The highest BCUT2D eigenvalue weighted by Gasteiger charge is 2.35. The lowest BCUT2D eigenvalue weighted by molar-refractivity contribution is 0.414. The van der Waals surface area contributed by atoms with Crippen molar-refractivity contribution in [2.45, 2.75) is 25.7 Å². The molecule has 3 nitrogen and oxygen atoms in total. The Balaban J connectivity index is 2.19. The van der Waals surface area contributed by atoms with Gasteiger partial charge in [-0.2, -0.15) is 0 Å². The number of hydrogen-bond donors (Lipinski definition) is 1. The zero-order valence-corrected chi connectivity index (χ0v) is 20.5. The maximum absolute atomic E-state index is 14.7. The van der Waals surface area contributed by atoms with Gasteiger partial charge in [0, 0.05) is 10.6 Å². The van der Waals surface area contributed by atoms with Gasteiger partial charge in [0.1, 0.15) is 5.75 Å². The third-order valence-corrected chi connectivity index (χ3v) is 10.0. The van der Waals surface area contributed by atoms with E-state index in [0.717, 1.165) is 27.1 Å². The summed E-state index contributed by atoms with van der Waals surface area (Å²) >= 11 is 0. The first-order valence-corrected chi connectivity index (χ1v) is 15.5. The first-order valence-electron chi connectivity index (χ1n) is 10.3. The Kier molecular flexibility index (Phi) is 7.20. The van der Waals surface area contributed by atoms with Gasteiger partial charge in [0.05, 0.1) is 21.2 Å². The van der Waals surface area contributed by atoms with Gasteiger partial charge in [-0.05, 0) is 47.2 Å². The minimum Gasteiger partial charge on any atom is -0.497 e. The third kappa shape index (κ3) is 5.18. The molecular formula is C26H30NO2PSi. The molecule has 0 aliphatic rings. The highest BCUT2D eigenvalue weighted by atomic mass is 31.2. The fraction of sp³-hybridized carbons (Fsp3) is 0.192. The van der Waals surface area contributed by atoms with Gasteiger partial charge in [-0.1, -0.05) is 74.8 Å². The average molecular weight is 448 g/mol. The lowest BCUT2D eigenvalue weighted by atomic mass is 10.1. The van der Waals surface area contributed by atoms with E-state index in [0.29, 0.717) is 0 Å². The fourth-order valence-corrected chi connectivity index (χ4v) is 7.84. The summed E-state index contributed by atoms with van der Waals surface area (Å²) in [7, 11) is -3.32. The average Bonchev–Trinajstić information content (AvgIpc) is 2.79. The van der Waals surface area contributed by atoms with Gasteiger partial charge in [-0.25, -0.2) is 5.09 Å². The second kappa shape index (κ2) is 9.68. The molecule has 0 saturated heterocycles. The number of benzene rings is 3. The summed E-state index contributed by atoms with van der Waals surface area (Å²) in [5, 5.41) is 6.23. The van der Waals surface area contributed by atoms with Crippen LogP contribution in [0, 0.1) is 0 Å². The number of rotatable bonds is 8.